The van der Waals surface area contributed by atoms with Crippen LogP contribution in [0, 0.1) is 12.7 Å². The molecule has 2 rings (SSSR count). The second-order valence-electron chi connectivity index (χ2n) is 4.98. The first-order valence-corrected chi connectivity index (χ1v) is 8.49. The first-order chi connectivity index (χ1) is 11.0. The Morgan fingerprint density at radius 3 is 2.78 bits per heavy atom. The van der Waals surface area contributed by atoms with Gasteiger partial charge in [0, 0.05) is 11.3 Å². The fourth-order valence-electron chi connectivity index (χ4n) is 2.05. The van der Waals surface area contributed by atoms with Crippen molar-refractivity contribution in [2.75, 3.05) is 18.2 Å². The Hall–Kier alpha value is -1.72. The molecule has 0 heterocycles. The largest absolute Gasteiger partial charge is 0.496 e. The van der Waals surface area contributed by atoms with Crippen LogP contribution in [0.5, 0.6) is 5.75 Å². The van der Waals surface area contributed by atoms with Crippen molar-refractivity contribution in [3.8, 4) is 5.75 Å². The van der Waals surface area contributed by atoms with Gasteiger partial charge < -0.3 is 10.1 Å². The molecule has 3 nitrogen and oxygen atoms in total. The van der Waals surface area contributed by atoms with Gasteiger partial charge in [-0.2, -0.15) is 0 Å². The molecule has 2 aromatic carbocycles. The Morgan fingerprint density at radius 2 is 2.09 bits per heavy atom. The Balaban J connectivity index is 1.89. The molecule has 1 N–H and O–H groups in total. The molecule has 0 fully saturated rings. The second kappa shape index (κ2) is 8.22. The lowest BCUT2D eigenvalue weighted by Gasteiger charge is -2.10. The molecule has 0 aliphatic carbocycles. The van der Waals surface area contributed by atoms with Crippen molar-refractivity contribution in [1.82, 2.24) is 0 Å². The van der Waals surface area contributed by atoms with Gasteiger partial charge in [-0.1, -0.05) is 29.3 Å². The van der Waals surface area contributed by atoms with Crippen molar-refractivity contribution < 1.29 is 13.9 Å². The summed E-state index contributed by atoms with van der Waals surface area (Å²) < 4.78 is 18.3. The van der Waals surface area contributed by atoms with Crippen molar-refractivity contribution >= 4 is 35.0 Å². The normalized spacial score (nSPS) is 10.4. The minimum Gasteiger partial charge on any atom is -0.496 e. The predicted octanol–water partition coefficient (Wildman–Crippen LogP) is 4.67. The van der Waals surface area contributed by atoms with Gasteiger partial charge in [0.1, 0.15) is 11.6 Å². The fraction of sp³-hybridized carbons (Fsp3) is 0.235. The number of benzene rings is 2. The van der Waals surface area contributed by atoms with Crippen LogP contribution < -0.4 is 10.1 Å². The number of amides is 1. The molecule has 0 unspecified atom stereocenters. The zero-order valence-electron chi connectivity index (χ0n) is 12.9. The lowest BCUT2D eigenvalue weighted by molar-refractivity contribution is -0.113. The minimum atomic E-state index is -0.436. The van der Waals surface area contributed by atoms with Crippen LogP contribution in [0.3, 0.4) is 0 Å². The molecule has 0 aliphatic heterocycles. The van der Waals surface area contributed by atoms with Crippen LogP contribution >= 0.6 is 23.4 Å². The highest BCUT2D eigenvalue weighted by atomic mass is 35.5. The monoisotopic (exact) mass is 353 g/mol. The fourth-order valence-corrected chi connectivity index (χ4v) is 3.07. The van der Waals surface area contributed by atoms with E-state index in [9.17, 15) is 9.18 Å². The third kappa shape index (κ3) is 5.15. The van der Waals surface area contributed by atoms with Crippen molar-refractivity contribution in [2.45, 2.75) is 12.7 Å². The number of hydrogen-bond acceptors (Lipinski definition) is 3. The van der Waals surface area contributed by atoms with E-state index in [1.54, 1.807) is 7.11 Å². The number of hydrogen-bond donors (Lipinski definition) is 1. The molecule has 1 amide bonds. The highest BCUT2D eigenvalue weighted by Gasteiger charge is 2.09. The van der Waals surface area contributed by atoms with Crippen LogP contribution in [-0.2, 0) is 10.5 Å². The van der Waals surface area contributed by atoms with Gasteiger partial charge in [0.15, 0.2) is 0 Å². The Kier molecular flexibility index (Phi) is 6.30. The van der Waals surface area contributed by atoms with Gasteiger partial charge in [0.25, 0.3) is 0 Å². The molecule has 122 valence electrons. The topological polar surface area (TPSA) is 38.3 Å². The van der Waals surface area contributed by atoms with E-state index in [2.05, 4.69) is 5.32 Å². The summed E-state index contributed by atoms with van der Waals surface area (Å²) >= 11 is 7.35. The molecule has 0 spiro atoms. The first kappa shape index (κ1) is 17.6. The maximum absolute atomic E-state index is 13.0. The van der Waals surface area contributed by atoms with Crippen LogP contribution in [0.1, 0.15) is 11.1 Å². The van der Waals surface area contributed by atoms with E-state index >= 15 is 0 Å². The number of ether oxygens (including phenoxy) is 1. The number of methoxy groups -OCH3 is 1. The molecular formula is C17H17ClFNO2S. The third-order valence-corrected chi connectivity index (χ3v) is 4.43. The number of nitrogens with one attached hydrogen (secondary N) is 1. The van der Waals surface area contributed by atoms with E-state index in [0.29, 0.717) is 11.4 Å². The summed E-state index contributed by atoms with van der Waals surface area (Å²) in [6, 6.07) is 9.82. The van der Waals surface area contributed by atoms with Gasteiger partial charge in [0.05, 0.1) is 23.6 Å². The quantitative estimate of drug-likeness (QED) is 0.820. The minimum absolute atomic E-state index is 0.184. The van der Waals surface area contributed by atoms with Gasteiger partial charge in [-0.15, -0.1) is 11.8 Å². The van der Waals surface area contributed by atoms with E-state index in [0.717, 1.165) is 16.9 Å². The number of thioether (sulfide) groups is 1. The van der Waals surface area contributed by atoms with E-state index in [1.807, 2.05) is 25.1 Å². The van der Waals surface area contributed by atoms with E-state index < -0.39 is 5.82 Å². The molecule has 0 saturated heterocycles. The van der Waals surface area contributed by atoms with E-state index in [4.69, 9.17) is 16.3 Å². The van der Waals surface area contributed by atoms with Crippen LogP contribution in [0.2, 0.25) is 5.02 Å². The zero-order chi connectivity index (χ0) is 16.8. The number of rotatable bonds is 6. The molecule has 2 aromatic rings. The number of carbonyl (C=O) groups excluding carboxylic acids is 1. The van der Waals surface area contributed by atoms with Gasteiger partial charge in [-0.05, 0) is 31.2 Å². The van der Waals surface area contributed by atoms with E-state index in [1.165, 1.54) is 30.0 Å². The maximum atomic E-state index is 13.0. The Morgan fingerprint density at radius 1 is 1.30 bits per heavy atom. The van der Waals surface area contributed by atoms with Crippen LogP contribution in [0.4, 0.5) is 10.1 Å². The highest BCUT2D eigenvalue weighted by Crippen LogP contribution is 2.25. The Labute approximate surface area is 144 Å². The Bertz CT molecular complexity index is 709. The zero-order valence-corrected chi connectivity index (χ0v) is 14.4. The van der Waals surface area contributed by atoms with Crippen molar-refractivity contribution in [3.05, 3.63) is 58.4 Å². The molecule has 0 radical (unpaired) electrons. The summed E-state index contributed by atoms with van der Waals surface area (Å²) in [5.74, 6) is 1.12. The van der Waals surface area contributed by atoms with Crippen LogP contribution in [0.15, 0.2) is 36.4 Å². The molecule has 0 bridgehead atoms. The molecule has 0 atom stereocenters. The van der Waals surface area contributed by atoms with Crippen LogP contribution in [-0.4, -0.2) is 18.8 Å². The average Bonchev–Trinajstić information content (AvgIpc) is 2.50. The predicted molar refractivity (Wildman–Crippen MR) is 93.9 cm³/mol. The second-order valence-corrected chi connectivity index (χ2v) is 6.37. The van der Waals surface area contributed by atoms with Gasteiger partial charge in [-0.3, -0.25) is 4.79 Å². The average molecular weight is 354 g/mol. The van der Waals surface area contributed by atoms with Gasteiger partial charge >= 0.3 is 0 Å². The van der Waals surface area contributed by atoms with Crippen molar-refractivity contribution in [3.63, 3.8) is 0 Å². The van der Waals surface area contributed by atoms with E-state index in [-0.39, 0.29) is 16.7 Å². The summed E-state index contributed by atoms with van der Waals surface area (Å²) in [4.78, 5) is 11.9. The number of carbonyl (C=O) groups is 1. The van der Waals surface area contributed by atoms with Gasteiger partial charge in [0.2, 0.25) is 5.91 Å². The maximum Gasteiger partial charge on any atom is 0.234 e. The van der Waals surface area contributed by atoms with Crippen molar-refractivity contribution in [1.29, 1.82) is 0 Å². The lowest BCUT2D eigenvalue weighted by atomic mass is 10.1. The molecule has 0 aromatic heterocycles. The molecular weight excluding hydrogens is 337 g/mol. The smallest absolute Gasteiger partial charge is 0.234 e. The summed E-state index contributed by atoms with van der Waals surface area (Å²) in [6.45, 7) is 2.01. The first-order valence-electron chi connectivity index (χ1n) is 6.95. The molecule has 0 aliphatic rings. The lowest BCUT2D eigenvalue weighted by Crippen LogP contribution is -2.14. The van der Waals surface area contributed by atoms with Crippen LogP contribution in [0.25, 0.3) is 0 Å². The summed E-state index contributed by atoms with van der Waals surface area (Å²) in [6.07, 6.45) is 0. The number of aryl methyl sites for hydroxylation is 1. The molecule has 6 heteroatoms. The highest BCUT2D eigenvalue weighted by molar-refractivity contribution is 7.99. The number of halogens is 2. The summed E-state index contributed by atoms with van der Waals surface area (Å²) in [5.41, 5.74) is 2.60. The standard InChI is InChI=1S/C17H17ClFNO2S/c1-11-3-6-16(22-2)12(7-11)9-23-10-17(21)20-15-5-4-13(19)8-14(15)18/h3-8H,9-10H2,1-2H3,(H,20,21). The van der Waals surface area contributed by atoms with Gasteiger partial charge in [-0.25, -0.2) is 4.39 Å². The molecule has 23 heavy (non-hydrogen) atoms. The molecule has 0 saturated carbocycles. The SMILES string of the molecule is COc1ccc(C)cc1CSCC(=O)Nc1ccc(F)cc1Cl. The number of anilines is 1. The summed E-state index contributed by atoms with van der Waals surface area (Å²) in [5, 5.41) is 2.86. The summed E-state index contributed by atoms with van der Waals surface area (Å²) in [7, 11) is 1.63. The third-order valence-electron chi connectivity index (χ3n) is 3.13. The van der Waals surface area contributed by atoms with Crippen molar-refractivity contribution in [2.24, 2.45) is 0 Å².